The first-order chi connectivity index (χ1) is 39.5. The summed E-state index contributed by atoms with van der Waals surface area (Å²) in [6, 6.07) is 49.2. The summed E-state index contributed by atoms with van der Waals surface area (Å²) in [5, 5.41) is 15.8. The van der Waals surface area contributed by atoms with Crippen LogP contribution in [0.25, 0.3) is 66.8 Å². The van der Waals surface area contributed by atoms with E-state index in [-0.39, 0.29) is 23.0 Å². The second kappa shape index (κ2) is 23.6. The Balaban J connectivity index is 0.795. The van der Waals surface area contributed by atoms with Crippen LogP contribution >= 0.6 is 21.6 Å². The van der Waals surface area contributed by atoms with Crippen LogP contribution in [0.4, 0.5) is 15.8 Å². The highest BCUT2D eigenvalue weighted by molar-refractivity contribution is 8.76. The van der Waals surface area contributed by atoms with Crippen molar-refractivity contribution in [3.63, 3.8) is 0 Å². The fourth-order valence-corrected chi connectivity index (χ4v) is 13.3. The maximum Gasteiger partial charge on any atom is 0.256 e. The van der Waals surface area contributed by atoms with Crippen LogP contribution < -0.4 is 25.6 Å². The van der Waals surface area contributed by atoms with Crippen molar-refractivity contribution in [3.05, 3.63) is 202 Å². The maximum absolute atomic E-state index is 15.0. The second-order valence-electron chi connectivity index (χ2n) is 19.7. The van der Waals surface area contributed by atoms with Gasteiger partial charge in [0, 0.05) is 123 Å². The molecule has 0 saturated carbocycles. The zero-order valence-electron chi connectivity index (χ0n) is 45.3. The van der Waals surface area contributed by atoms with E-state index >= 15 is 4.39 Å². The number of hydrogen-bond donors (Lipinski definition) is 2. The van der Waals surface area contributed by atoms with Crippen molar-refractivity contribution in [2.45, 2.75) is 44.2 Å². The van der Waals surface area contributed by atoms with Gasteiger partial charge < -0.3 is 34.0 Å². The number of halogens is 1. The zero-order valence-corrected chi connectivity index (χ0v) is 47.0. The molecule has 11 rings (SSSR count). The normalized spacial score (nSPS) is 12.6. The number of piperazine rings is 1. The molecule has 0 aromatic heterocycles. The Morgan fingerprint density at radius 2 is 1.15 bits per heavy atom. The average Bonchev–Trinajstić information content (AvgIpc) is 3.66. The lowest BCUT2D eigenvalue weighted by Gasteiger charge is -2.35. The molecule has 0 unspecified atom stereocenters. The fraction of sp³-hybridized carbons (Fsp3) is 0.197. The first-order valence-corrected chi connectivity index (χ1v) is 29.4. The number of carbonyl (C=O) groups is 3. The highest BCUT2D eigenvalue weighted by atomic mass is 33.1. The van der Waals surface area contributed by atoms with Crippen molar-refractivity contribution < 1.29 is 32.7 Å². The molecular weight excluding hydrogens is 1060 g/mol. The molecule has 3 aliphatic heterocycles. The summed E-state index contributed by atoms with van der Waals surface area (Å²) in [4.78, 5) is 62.9. The number of alkyl halides is 1. The summed E-state index contributed by atoms with van der Waals surface area (Å²) in [7, 11) is 2.72. The van der Waals surface area contributed by atoms with Crippen LogP contribution in [0.15, 0.2) is 187 Å². The predicted octanol–water partition coefficient (Wildman–Crippen LogP) is 13.6. The van der Waals surface area contributed by atoms with Gasteiger partial charge in [0.1, 0.15) is 48.2 Å². The molecule has 3 amide bonds. The van der Waals surface area contributed by atoms with Crippen molar-refractivity contribution in [2.75, 3.05) is 62.6 Å². The Morgan fingerprint density at radius 1 is 0.593 bits per heavy atom. The van der Waals surface area contributed by atoms with E-state index < -0.39 is 12.6 Å². The number of nitrogens with one attached hydrogen (secondary N) is 1. The molecule has 81 heavy (non-hydrogen) atoms. The van der Waals surface area contributed by atoms with Crippen molar-refractivity contribution >= 4 is 72.6 Å². The summed E-state index contributed by atoms with van der Waals surface area (Å²) < 4.78 is 30.1. The molecule has 1 saturated heterocycles. The van der Waals surface area contributed by atoms with E-state index in [0.717, 1.165) is 75.5 Å². The molecule has 0 bridgehead atoms. The molecule has 2 N–H and O–H groups in total. The molecule has 3 heterocycles. The average molecular weight is 1120 g/mol. The minimum Gasteiger partial charge on any atom is -0.508 e. The van der Waals surface area contributed by atoms with Gasteiger partial charge in [-0.1, -0.05) is 70.1 Å². The fourth-order valence-electron chi connectivity index (χ4n) is 11.0. The van der Waals surface area contributed by atoms with Gasteiger partial charge in [0.05, 0.1) is 17.2 Å². The molecule has 6 aromatic rings. The van der Waals surface area contributed by atoms with Crippen LogP contribution in [0.2, 0.25) is 0 Å². The minimum atomic E-state index is -0.853. The topological polar surface area (TPSA) is 140 Å². The number of fused-ring (bicyclic) bond motifs is 4. The standard InChI is InChI=1S/C66H58FN5O7S2/c1-5-69(6-2)43-22-27-50-56(36-43)78-57-37-44(70(7-3)8-4)23-28-51(57)63(50)48-15-9-10-16-49(48)65(76)71-31-33-72(34-32-71)66(77)55-18-12-14-20-61(55)81-80-60-19-13-11-17-54(60)64(75)68-42-21-26-47(41(35-42)40-67)62-52-29-24-45(73)38-58(52)79-59-39-46(74)25-30-53(59)62/h9-30,35-39H,5-8,31-34,40H2,1-4H3,(H-,68,73,74,75)/p+1. The zero-order chi connectivity index (χ0) is 56.3. The van der Waals surface area contributed by atoms with Gasteiger partial charge in [0.25, 0.3) is 17.7 Å². The third kappa shape index (κ3) is 10.8. The highest BCUT2D eigenvalue weighted by Crippen LogP contribution is 2.45. The Morgan fingerprint density at radius 3 is 1.81 bits per heavy atom. The summed E-state index contributed by atoms with van der Waals surface area (Å²) in [6.45, 7) is 12.5. The smallest absolute Gasteiger partial charge is 0.256 e. The molecule has 1 fully saturated rings. The van der Waals surface area contributed by atoms with E-state index in [0.29, 0.717) is 92.4 Å². The molecule has 5 aliphatic rings. The van der Waals surface area contributed by atoms with Crippen molar-refractivity contribution in [3.8, 4) is 50.7 Å². The Kier molecular flexibility index (Phi) is 15.8. The van der Waals surface area contributed by atoms with E-state index in [1.807, 2.05) is 59.5 Å². The number of rotatable bonds is 15. The molecule has 6 aromatic carbocycles. The molecule has 15 heteroatoms. The summed E-state index contributed by atoms with van der Waals surface area (Å²) >= 11 is 0. The number of phenols is 1. The lowest BCUT2D eigenvalue weighted by atomic mass is 9.90. The van der Waals surface area contributed by atoms with Gasteiger partial charge in [0.2, 0.25) is 5.36 Å². The maximum atomic E-state index is 15.0. The van der Waals surface area contributed by atoms with E-state index in [1.54, 1.807) is 53.4 Å². The third-order valence-electron chi connectivity index (χ3n) is 15.2. The SMILES string of the molecule is CCN(CC)c1ccc2c(-c3ccccc3C(=O)N3CCN(C(=O)c4ccccc4SSc4ccccc4C(=O)Nc4ccc(-c5c6ccc(=O)cc-6oc6cc(O)ccc56)c(CF)c4)CC3)c3ccc(=[N+](CC)CC)cc-3oc2c1. The first-order valence-electron chi connectivity index (χ1n) is 27.2. The molecular formula is C66H59FN5O7S2+. The summed E-state index contributed by atoms with van der Waals surface area (Å²) in [5.41, 5.74) is 8.46. The molecule has 0 atom stereocenters. The second-order valence-corrected chi connectivity index (χ2v) is 22.0. The van der Waals surface area contributed by atoms with Gasteiger partial charge in [-0.3, -0.25) is 19.2 Å². The minimum absolute atomic E-state index is 0.0222. The first kappa shape index (κ1) is 54.3. The molecule has 0 radical (unpaired) electrons. The van der Waals surface area contributed by atoms with Gasteiger partial charge >= 0.3 is 0 Å². The van der Waals surface area contributed by atoms with Gasteiger partial charge in [-0.25, -0.2) is 8.97 Å². The van der Waals surface area contributed by atoms with Gasteiger partial charge in [0.15, 0.2) is 5.43 Å². The summed E-state index contributed by atoms with van der Waals surface area (Å²) in [5.74, 6) is 0.348. The largest absolute Gasteiger partial charge is 0.508 e. The number of hydrogen-bond acceptors (Lipinski definition) is 10. The number of carbonyl (C=O) groups excluding carboxylic acids is 3. The molecule has 2 aliphatic carbocycles. The Hall–Kier alpha value is -8.66. The Labute approximate surface area is 476 Å². The number of anilines is 2. The van der Waals surface area contributed by atoms with Crippen molar-refractivity contribution in [1.29, 1.82) is 0 Å². The monoisotopic (exact) mass is 1120 g/mol. The van der Waals surface area contributed by atoms with Crippen LogP contribution in [0.5, 0.6) is 5.75 Å². The van der Waals surface area contributed by atoms with Crippen LogP contribution in [-0.2, 0) is 6.67 Å². The van der Waals surface area contributed by atoms with E-state index in [9.17, 15) is 24.3 Å². The van der Waals surface area contributed by atoms with E-state index in [1.165, 1.54) is 45.9 Å². The van der Waals surface area contributed by atoms with E-state index in [4.69, 9.17) is 8.83 Å². The highest BCUT2D eigenvalue weighted by Gasteiger charge is 2.30. The molecule has 12 nitrogen and oxygen atoms in total. The number of phenolic OH excluding ortho intramolecular Hbond substituents is 1. The van der Waals surface area contributed by atoms with Gasteiger partial charge in [-0.2, -0.15) is 0 Å². The number of nitrogens with zero attached hydrogens (tertiary/aromatic N) is 4. The summed E-state index contributed by atoms with van der Waals surface area (Å²) in [6.07, 6.45) is 0. The van der Waals surface area contributed by atoms with Crippen molar-refractivity contribution in [1.82, 2.24) is 14.4 Å². The Bertz CT molecular complexity index is 4120. The van der Waals surface area contributed by atoms with Crippen LogP contribution in [0.1, 0.15) is 64.3 Å². The predicted molar refractivity (Wildman–Crippen MR) is 324 cm³/mol. The quantitative estimate of drug-likeness (QED) is 0.0579. The molecule has 0 spiro atoms. The third-order valence-corrected chi connectivity index (χ3v) is 17.6. The van der Waals surface area contributed by atoms with Crippen LogP contribution in [-0.4, -0.2) is 85.0 Å². The van der Waals surface area contributed by atoms with Crippen LogP contribution in [0, 0.1) is 0 Å². The number of benzene rings is 8. The van der Waals surface area contributed by atoms with Gasteiger partial charge in [-0.15, -0.1) is 0 Å². The number of amides is 3. The van der Waals surface area contributed by atoms with E-state index in [2.05, 4.69) is 78.9 Å². The van der Waals surface area contributed by atoms with Gasteiger partial charge in [-0.05, 0) is 129 Å². The number of aromatic hydroxyl groups is 1. The van der Waals surface area contributed by atoms with Crippen LogP contribution in [0.3, 0.4) is 0 Å². The molecule has 408 valence electrons. The lowest BCUT2D eigenvalue weighted by Crippen LogP contribution is -2.50. The van der Waals surface area contributed by atoms with Crippen molar-refractivity contribution in [2.24, 2.45) is 0 Å². The lowest BCUT2D eigenvalue weighted by molar-refractivity contribution is 0.0534.